The smallest absolute Gasteiger partial charge is 0.422 e. The zero-order valence-corrected chi connectivity index (χ0v) is 19.0. The number of rotatable bonds is 5. The van der Waals surface area contributed by atoms with Gasteiger partial charge in [-0.05, 0) is 39.3 Å². The maximum atomic E-state index is 12.5. The molecule has 1 fully saturated rings. The Morgan fingerprint density at radius 3 is 2.74 bits per heavy atom. The summed E-state index contributed by atoms with van der Waals surface area (Å²) in [5.74, 6) is 0.428. The van der Waals surface area contributed by atoms with Crippen molar-refractivity contribution in [1.29, 1.82) is 0 Å². The van der Waals surface area contributed by atoms with Crippen LogP contribution in [0.5, 0.6) is 5.88 Å². The molecule has 0 saturated carbocycles. The molecule has 3 aromatic rings. The standard InChI is InChI=1S/C22H25F3N6O3/c1-21(2,3)34-20(32)30-8-7-14(11-30)28-17-6-4-5-15(29-17)16-9-26-18-10-27-19(12-31(16)18)33-13-22(23,24)25/h4-6,9-10,12,14H,7-8,11,13H2,1-3H3,(H,28,29). The highest BCUT2D eigenvalue weighted by Crippen LogP contribution is 2.24. The van der Waals surface area contributed by atoms with Crippen molar-refractivity contribution < 1.29 is 27.4 Å². The Labute approximate surface area is 193 Å². The van der Waals surface area contributed by atoms with Gasteiger partial charge < -0.3 is 19.7 Å². The first-order valence-electron chi connectivity index (χ1n) is 10.7. The first kappa shape index (κ1) is 23.6. The molecule has 1 N–H and O–H groups in total. The predicted molar refractivity (Wildman–Crippen MR) is 118 cm³/mol. The number of imidazole rings is 1. The van der Waals surface area contributed by atoms with Gasteiger partial charge in [-0.25, -0.2) is 19.7 Å². The summed E-state index contributed by atoms with van der Waals surface area (Å²) in [4.78, 5) is 26.7. The third-order valence-corrected chi connectivity index (χ3v) is 4.96. The Hall–Kier alpha value is -3.57. The molecular weight excluding hydrogens is 453 g/mol. The van der Waals surface area contributed by atoms with Gasteiger partial charge in [0.2, 0.25) is 5.88 Å². The molecule has 12 heteroatoms. The zero-order chi connectivity index (χ0) is 24.5. The van der Waals surface area contributed by atoms with Crippen LogP contribution in [-0.4, -0.2) is 67.9 Å². The van der Waals surface area contributed by atoms with Crippen LogP contribution >= 0.6 is 0 Å². The van der Waals surface area contributed by atoms with Crippen molar-refractivity contribution in [2.45, 2.75) is 45.0 Å². The van der Waals surface area contributed by atoms with Gasteiger partial charge in [-0.15, -0.1) is 0 Å². The third-order valence-electron chi connectivity index (χ3n) is 4.96. The van der Waals surface area contributed by atoms with Crippen LogP contribution in [0.15, 0.2) is 36.8 Å². The zero-order valence-electron chi connectivity index (χ0n) is 19.0. The van der Waals surface area contributed by atoms with Crippen LogP contribution in [0.25, 0.3) is 17.0 Å². The van der Waals surface area contributed by atoms with Crippen molar-refractivity contribution in [3.05, 3.63) is 36.8 Å². The van der Waals surface area contributed by atoms with Gasteiger partial charge >= 0.3 is 12.3 Å². The van der Waals surface area contributed by atoms with Crippen LogP contribution < -0.4 is 10.1 Å². The van der Waals surface area contributed by atoms with E-state index in [9.17, 15) is 18.0 Å². The number of aromatic nitrogens is 4. The van der Waals surface area contributed by atoms with E-state index in [1.807, 2.05) is 32.9 Å². The second kappa shape index (κ2) is 8.99. The Morgan fingerprint density at radius 2 is 2.00 bits per heavy atom. The van der Waals surface area contributed by atoms with E-state index >= 15 is 0 Å². The van der Waals surface area contributed by atoms with E-state index in [-0.39, 0.29) is 18.0 Å². The van der Waals surface area contributed by atoms with Crippen molar-refractivity contribution >= 4 is 17.6 Å². The topological polar surface area (TPSA) is 93.9 Å². The summed E-state index contributed by atoms with van der Waals surface area (Å²) in [6, 6.07) is 5.39. The molecule has 1 aliphatic rings. The fraction of sp³-hybridized carbons (Fsp3) is 0.455. The van der Waals surface area contributed by atoms with Gasteiger partial charge in [0.25, 0.3) is 0 Å². The highest BCUT2D eigenvalue weighted by atomic mass is 19.4. The fourth-order valence-corrected chi connectivity index (χ4v) is 3.53. The minimum Gasteiger partial charge on any atom is -0.467 e. The van der Waals surface area contributed by atoms with Gasteiger partial charge in [-0.1, -0.05) is 6.07 Å². The lowest BCUT2D eigenvalue weighted by Crippen LogP contribution is -2.36. The molecule has 1 amide bonds. The molecule has 4 heterocycles. The van der Waals surface area contributed by atoms with Gasteiger partial charge in [0.15, 0.2) is 12.3 Å². The highest BCUT2D eigenvalue weighted by molar-refractivity contribution is 5.69. The molecule has 9 nitrogen and oxygen atoms in total. The van der Waals surface area contributed by atoms with E-state index in [2.05, 4.69) is 20.3 Å². The van der Waals surface area contributed by atoms with Crippen molar-refractivity contribution in [2.24, 2.45) is 0 Å². The first-order chi connectivity index (χ1) is 16.0. The number of halogens is 3. The normalized spacial score (nSPS) is 16.6. The van der Waals surface area contributed by atoms with Gasteiger partial charge in [-0.2, -0.15) is 13.2 Å². The summed E-state index contributed by atoms with van der Waals surface area (Å²) in [7, 11) is 0. The van der Waals surface area contributed by atoms with Crippen LogP contribution in [0, 0.1) is 0 Å². The molecule has 1 atom stereocenters. The number of anilines is 1. The van der Waals surface area contributed by atoms with Crippen LogP contribution in [0.3, 0.4) is 0 Å². The summed E-state index contributed by atoms with van der Waals surface area (Å²) in [5, 5.41) is 3.33. The Morgan fingerprint density at radius 1 is 1.21 bits per heavy atom. The highest BCUT2D eigenvalue weighted by Gasteiger charge is 2.30. The van der Waals surface area contributed by atoms with Crippen molar-refractivity contribution in [1.82, 2.24) is 24.3 Å². The number of fused-ring (bicyclic) bond motifs is 1. The number of hydrogen-bond acceptors (Lipinski definition) is 7. The quantitative estimate of drug-likeness (QED) is 0.589. The minimum atomic E-state index is -4.46. The van der Waals surface area contributed by atoms with E-state index in [0.717, 1.165) is 6.42 Å². The Bertz CT molecular complexity index is 1170. The van der Waals surface area contributed by atoms with Gasteiger partial charge in [-0.3, -0.25) is 4.40 Å². The predicted octanol–water partition coefficient (Wildman–Crippen LogP) is 4.15. The van der Waals surface area contributed by atoms with Crippen LogP contribution in [-0.2, 0) is 4.74 Å². The molecule has 4 rings (SSSR count). The second-order valence-corrected chi connectivity index (χ2v) is 8.97. The van der Waals surface area contributed by atoms with E-state index in [0.29, 0.717) is 35.9 Å². The minimum absolute atomic E-state index is 0.00373. The molecule has 0 aromatic carbocycles. The summed E-state index contributed by atoms with van der Waals surface area (Å²) in [5.41, 5.74) is 1.02. The number of alkyl halides is 3. The number of amides is 1. The molecule has 0 spiro atoms. The molecule has 1 unspecified atom stereocenters. The summed E-state index contributed by atoms with van der Waals surface area (Å²) >= 11 is 0. The van der Waals surface area contributed by atoms with E-state index in [4.69, 9.17) is 9.47 Å². The average molecular weight is 478 g/mol. The van der Waals surface area contributed by atoms with Crippen molar-refractivity contribution in [2.75, 3.05) is 25.0 Å². The SMILES string of the molecule is CC(C)(C)OC(=O)N1CCC(Nc2cccc(-c3cnc4cnc(OCC(F)(F)F)cn34)n2)C1. The van der Waals surface area contributed by atoms with Crippen molar-refractivity contribution in [3.8, 4) is 17.3 Å². The maximum absolute atomic E-state index is 12.5. The summed E-state index contributed by atoms with van der Waals surface area (Å²) in [6.07, 6.45) is 0.182. The monoisotopic (exact) mass is 478 g/mol. The average Bonchev–Trinajstić information content (AvgIpc) is 3.37. The molecule has 0 aliphatic carbocycles. The number of pyridine rings is 1. The molecule has 0 bridgehead atoms. The van der Waals surface area contributed by atoms with Crippen LogP contribution in [0.2, 0.25) is 0 Å². The lowest BCUT2D eigenvalue weighted by molar-refractivity contribution is -0.154. The molecule has 1 aliphatic heterocycles. The number of hydrogen-bond donors (Lipinski definition) is 1. The number of ether oxygens (including phenoxy) is 2. The largest absolute Gasteiger partial charge is 0.467 e. The molecule has 182 valence electrons. The van der Waals surface area contributed by atoms with Gasteiger partial charge in [0, 0.05) is 19.1 Å². The van der Waals surface area contributed by atoms with Crippen molar-refractivity contribution in [3.63, 3.8) is 0 Å². The molecule has 34 heavy (non-hydrogen) atoms. The number of carbonyl (C=O) groups is 1. The molecular formula is C22H25F3N6O3. The Balaban J connectivity index is 1.47. The first-order valence-corrected chi connectivity index (χ1v) is 10.7. The van der Waals surface area contributed by atoms with E-state index in [1.165, 1.54) is 12.4 Å². The van der Waals surface area contributed by atoms with Gasteiger partial charge in [0.05, 0.1) is 30.0 Å². The second-order valence-electron chi connectivity index (χ2n) is 8.97. The maximum Gasteiger partial charge on any atom is 0.422 e. The fourth-order valence-electron chi connectivity index (χ4n) is 3.53. The molecule has 3 aromatic heterocycles. The molecule has 1 saturated heterocycles. The number of carbonyl (C=O) groups excluding carboxylic acids is 1. The number of nitrogens with one attached hydrogen (secondary N) is 1. The number of likely N-dealkylation sites (tertiary alicyclic amines) is 1. The number of nitrogens with zero attached hydrogens (tertiary/aromatic N) is 5. The lowest BCUT2D eigenvalue weighted by atomic mass is 10.2. The van der Waals surface area contributed by atoms with E-state index < -0.39 is 18.4 Å². The van der Waals surface area contributed by atoms with Crippen LogP contribution in [0.4, 0.5) is 23.8 Å². The van der Waals surface area contributed by atoms with E-state index in [1.54, 1.807) is 21.6 Å². The van der Waals surface area contributed by atoms with Gasteiger partial charge in [0.1, 0.15) is 11.4 Å². The van der Waals surface area contributed by atoms with Crippen LogP contribution in [0.1, 0.15) is 27.2 Å². The summed E-state index contributed by atoms with van der Waals surface area (Å²) in [6.45, 7) is 5.11. The lowest BCUT2D eigenvalue weighted by Gasteiger charge is -2.24. The third kappa shape index (κ3) is 5.86. The molecule has 0 radical (unpaired) electrons. The summed E-state index contributed by atoms with van der Waals surface area (Å²) < 4.78 is 49.2. The Kier molecular flexibility index (Phi) is 6.24.